The van der Waals surface area contributed by atoms with Gasteiger partial charge in [0.2, 0.25) is 0 Å². The lowest BCUT2D eigenvalue weighted by atomic mass is 10.1. The van der Waals surface area contributed by atoms with Crippen LogP contribution in [-0.2, 0) is 18.0 Å². The summed E-state index contributed by atoms with van der Waals surface area (Å²) in [6.45, 7) is 1.12. The average molecular weight is 292 g/mol. The molecule has 19 heavy (non-hydrogen) atoms. The van der Waals surface area contributed by atoms with Crippen molar-refractivity contribution < 1.29 is 4.74 Å². The fourth-order valence-corrected chi connectivity index (χ4v) is 1.89. The molecule has 4 heteroatoms. The van der Waals surface area contributed by atoms with Gasteiger partial charge in [0.05, 0.1) is 13.2 Å². The summed E-state index contributed by atoms with van der Waals surface area (Å²) in [5.74, 6) is 0. The quantitative estimate of drug-likeness (QED) is 0.853. The predicted octanol–water partition coefficient (Wildman–Crippen LogP) is 3.69. The Kier molecular flexibility index (Phi) is 4.91. The third kappa shape index (κ3) is 4.31. The molecule has 2 aromatic rings. The summed E-state index contributed by atoms with van der Waals surface area (Å²) in [5, 5.41) is 0.733. The van der Waals surface area contributed by atoms with E-state index < -0.39 is 0 Å². The van der Waals surface area contributed by atoms with Crippen LogP contribution in [0.4, 0.5) is 0 Å². The molecular weight excluding hydrogens is 278 g/mol. The minimum atomic E-state index is 0.411. The topological polar surface area (TPSA) is 35.2 Å². The van der Waals surface area contributed by atoms with Crippen molar-refractivity contribution in [3.63, 3.8) is 0 Å². The highest BCUT2D eigenvalue weighted by atomic mass is 35.5. The number of halogens is 1. The lowest BCUT2D eigenvalue weighted by Crippen LogP contribution is -2.09. The van der Waals surface area contributed by atoms with Crippen LogP contribution in [0.25, 0.3) is 0 Å². The van der Waals surface area contributed by atoms with Gasteiger partial charge in [-0.05, 0) is 23.3 Å². The van der Waals surface area contributed by atoms with Crippen LogP contribution in [0.1, 0.15) is 16.7 Å². The van der Waals surface area contributed by atoms with Crippen LogP contribution in [0.3, 0.4) is 0 Å². The Labute approximate surface area is 123 Å². The van der Waals surface area contributed by atoms with Gasteiger partial charge in [-0.15, -0.1) is 0 Å². The molecule has 0 aliphatic rings. The lowest BCUT2D eigenvalue weighted by Gasteiger charge is -2.06. The summed E-state index contributed by atoms with van der Waals surface area (Å²) in [5.41, 5.74) is 8.61. The lowest BCUT2D eigenvalue weighted by molar-refractivity contribution is 0.107. The van der Waals surface area contributed by atoms with Crippen molar-refractivity contribution >= 4 is 28.8 Å². The van der Waals surface area contributed by atoms with Gasteiger partial charge in [-0.3, -0.25) is 0 Å². The van der Waals surface area contributed by atoms with Crippen molar-refractivity contribution in [2.24, 2.45) is 5.73 Å². The molecule has 0 aliphatic heterocycles. The van der Waals surface area contributed by atoms with E-state index >= 15 is 0 Å². The van der Waals surface area contributed by atoms with Crippen molar-refractivity contribution in [3.05, 3.63) is 70.2 Å². The Morgan fingerprint density at radius 3 is 1.89 bits per heavy atom. The number of ether oxygens (including phenoxy) is 1. The number of thiocarbonyl (C=S) groups is 1. The summed E-state index contributed by atoms with van der Waals surface area (Å²) >= 11 is 10.7. The van der Waals surface area contributed by atoms with Gasteiger partial charge < -0.3 is 10.5 Å². The zero-order valence-corrected chi connectivity index (χ0v) is 11.9. The number of benzene rings is 2. The summed E-state index contributed by atoms with van der Waals surface area (Å²) in [6, 6.07) is 15.4. The number of nitrogens with two attached hydrogens (primary N) is 1. The summed E-state index contributed by atoms with van der Waals surface area (Å²) < 4.78 is 5.64. The molecule has 0 saturated heterocycles. The van der Waals surface area contributed by atoms with Gasteiger partial charge in [-0.1, -0.05) is 60.2 Å². The highest BCUT2D eigenvalue weighted by Gasteiger charge is 1.98. The molecule has 0 unspecified atom stereocenters. The van der Waals surface area contributed by atoms with E-state index in [1.165, 1.54) is 0 Å². The molecule has 2 rings (SSSR count). The smallest absolute Gasteiger partial charge is 0.103 e. The third-order valence-corrected chi connectivity index (χ3v) is 3.18. The largest absolute Gasteiger partial charge is 0.389 e. The molecule has 0 atom stereocenters. The monoisotopic (exact) mass is 291 g/mol. The summed E-state index contributed by atoms with van der Waals surface area (Å²) in [4.78, 5) is 0.411. The van der Waals surface area contributed by atoms with Gasteiger partial charge in [-0.25, -0.2) is 0 Å². The Balaban J connectivity index is 1.85. The highest BCUT2D eigenvalue weighted by Crippen LogP contribution is 2.11. The van der Waals surface area contributed by atoms with Gasteiger partial charge in [0.1, 0.15) is 4.99 Å². The second-order valence-corrected chi connectivity index (χ2v) is 5.06. The van der Waals surface area contributed by atoms with E-state index in [0.717, 1.165) is 21.7 Å². The Hall–Kier alpha value is -1.42. The molecule has 2 nitrogen and oxygen atoms in total. The molecule has 0 saturated carbocycles. The van der Waals surface area contributed by atoms with Gasteiger partial charge in [0, 0.05) is 10.6 Å². The first-order chi connectivity index (χ1) is 9.15. The molecule has 0 aliphatic carbocycles. The molecule has 0 aromatic heterocycles. The summed E-state index contributed by atoms with van der Waals surface area (Å²) in [7, 11) is 0. The zero-order chi connectivity index (χ0) is 13.7. The SMILES string of the molecule is NC(=S)c1ccc(COCc2ccc(Cl)cc2)cc1. The van der Waals surface area contributed by atoms with Crippen LogP contribution >= 0.6 is 23.8 Å². The first-order valence-corrected chi connectivity index (χ1v) is 6.65. The maximum absolute atomic E-state index is 5.82. The zero-order valence-electron chi connectivity index (χ0n) is 10.3. The molecule has 0 heterocycles. The summed E-state index contributed by atoms with van der Waals surface area (Å²) in [6.07, 6.45) is 0. The third-order valence-electron chi connectivity index (χ3n) is 2.69. The van der Waals surface area contributed by atoms with Crippen LogP contribution in [0.5, 0.6) is 0 Å². The molecule has 0 fully saturated rings. The molecule has 98 valence electrons. The number of hydrogen-bond acceptors (Lipinski definition) is 2. The molecule has 0 spiro atoms. The molecule has 2 N–H and O–H groups in total. The van der Waals surface area contributed by atoms with Crippen molar-refractivity contribution in [2.45, 2.75) is 13.2 Å². The van der Waals surface area contributed by atoms with Gasteiger partial charge in [0.25, 0.3) is 0 Å². The Morgan fingerprint density at radius 2 is 1.42 bits per heavy atom. The maximum atomic E-state index is 5.82. The van der Waals surface area contributed by atoms with Crippen LogP contribution < -0.4 is 5.73 Å². The second kappa shape index (κ2) is 6.66. The first-order valence-electron chi connectivity index (χ1n) is 5.86. The predicted molar refractivity (Wildman–Crippen MR) is 82.3 cm³/mol. The first kappa shape index (κ1) is 14.0. The van der Waals surface area contributed by atoms with E-state index in [2.05, 4.69) is 0 Å². The molecular formula is C15H14ClNOS. The van der Waals surface area contributed by atoms with Gasteiger partial charge >= 0.3 is 0 Å². The van der Waals surface area contributed by atoms with E-state index in [1.54, 1.807) is 0 Å². The van der Waals surface area contributed by atoms with Crippen LogP contribution in [0, 0.1) is 0 Å². The van der Waals surface area contributed by atoms with Gasteiger partial charge in [-0.2, -0.15) is 0 Å². The Bertz CT molecular complexity index is 551. The van der Waals surface area contributed by atoms with E-state index in [-0.39, 0.29) is 0 Å². The molecule has 0 radical (unpaired) electrons. The minimum absolute atomic E-state index is 0.411. The number of rotatable bonds is 5. The van der Waals surface area contributed by atoms with Gasteiger partial charge in [0.15, 0.2) is 0 Å². The average Bonchev–Trinajstić information content (AvgIpc) is 2.41. The maximum Gasteiger partial charge on any atom is 0.103 e. The fraction of sp³-hybridized carbons (Fsp3) is 0.133. The molecule has 0 bridgehead atoms. The van der Waals surface area contributed by atoms with Crippen molar-refractivity contribution in [2.75, 3.05) is 0 Å². The van der Waals surface area contributed by atoms with E-state index in [0.29, 0.717) is 18.2 Å². The van der Waals surface area contributed by atoms with Crippen molar-refractivity contribution in [1.82, 2.24) is 0 Å². The van der Waals surface area contributed by atoms with Crippen molar-refractivity contribution in [1.29, 1.82) is 0 Å². The van der Waals surface area contributed by atoms with E-state index in [1.807, 2.05) is 48.5 Å². The standard InChI is InChI=1S/C15H14ClNOS/c16-14-7-3-12(4-8-14)10-18-9-11-1-5-13(6-2-11)15(17)19/h1-8H,9-10H2,(H2,17,19). The fourth-order valence-electron chi connectivity index (χ4n) is 1.63. The minimum Gasteiger partial charge on any atom is -0.389 e. The Morgan fingerprint density at radius 1 is 0.947 bits per heavy atom. The number of hydrogen-bond donors (Lipinski definition) is 1. The van der Waals surface area contributed by atoms with E-state index in [9.17, 15) is 0 Å². The van der Waals surface area contributed by atoms with Crippen LogP contribution in [-0.4, -0.2) is 4.99 Å². The highest BCUT2D eigenvalue weighted by molar-refractivity contribution is 7.80. The normalized spacial score (nSPS) is 10.4. The van der Waals surface area contributed by atoms with E-state index in [4.69, 9.17) is 34.3 Å². The molecule has 0 amide bonds. The van der Waals surface area contributed by atoms with Crippen LogP contribution in [0.2, 0.25) is 5.02 Å². The van der Waals surface area contributed by atoms with Crippen molar-refractivity contribution in [3.8, 4) is 0 Å². The molecule has 2 aromatic carbocycles. The second-order valence-electron chi connectivity index (χ2n) is 4.18. The van der Waals surface area contributed by atoms with Crippen LogP contribution in [0.15, 0.2) is 48.5 Å².